The maximum absolute atomic E-state index is 12.8. The summed E-state index contributed by atoms with van der Waals surface area (Å²) in [4.78, 5) is 25.6. The van der Waals surface area contributed by atoms with Crippen LogP contribution in [-0.4, -0.2) is 52.6 Å². The predicted octanol–water partition coefficient (Wildman–Crippen LogP) is 0.678. The lowest BCUT2D eigenvalue weighted by Gasteiger charge is -2.49. The van der Waals surface area contributed by atoms with E-state index in [2.05, 4.69) is 0 Å². The molecule has 140 valence electrons. The number of esters is 2. The Balaban J connectivity index is 2.02. The van der Waals surface area contributed by atoms with Crippen molar-refractivity contribution in [3.63, 3.8) is 0 Å². The highest BCUT2D eigenvalue weighted by Gasteiger charge is 2.69. The molecule has 2 heterocycles. The van der Waals surface area contributed by atoms with Gasteiger partial charge in [-0.1, -0.05) is 24.3 Å². The van der Waals surface area contributed by atoms with Crippen LogP contribution in [0.2, 0.25) is 0 Å². The number of ether oxygens (including phenoxy) is 6. The molecule has 0 radical (unpaired) electrons. The Hall–Kier alpha value is -2.00. The molecule has 4 rings (SSSR count). The molecule has 8 heteroatoms. The standard InChI is InChI=1S/C18H20O8/c1-21-15(19)13-14(16(20)22-2)18(25-9-10-26-18)12-6-4-3-5-11(12)17(13)23-7-8-24-17/h3-6,13-14H,7-10H2,1-2H3/t13-,14-/m1/s1. The van der Waals surface area contributed by atoms with Crippen molar-refractivity contribution in [2.75, 3.05) is 40.6 Å². The fourth-order valence-electron chi connectivity index (χ4n) is 4.23. The van der Waals surface area contributed by atoms with Gasteiger partial charge in [0.2, 0.25) is 11.6 Å². The summed E-state index contributed by atoms with van der Waals surface area (Å²) in [6.45, 7) is 1.13. The number of carbonyl (C=O) groups excluding carboxylic acids is 2. The van der Waals surface area contributed by atoms with E-state index in [0.717, 1.165) is 0 Å². The maximum Gasteiger partial charge on any atom is 0.315 e. The van der Waals surface area contributed by atoms with Crippen molar-refractivity contribution in [3.8, 4) is 0 Å². The lowest BCUT2D eigenvalue weighted by Crippen LogP contribution is -2.60. The Morgan fingerprint density at radius 2 is 1.15 bits per heavy atom. The van der Waals surface area contributed by atoms with Gasteiger partial charge in [0.1, 0.15) is 11.8 Å². The number of benzene rings is 1. The molecule has 0 unspecified atom stereocenters. The SMILES string of the molecule is COC(=O)[C@H]1[C@H](C(=O)OC)C2(OCCO2)c2ccccc2C12OCCO2. The van der Waals surface area contributed by atoms with Crippen LogP contribution in [0.15, 0.2) is 24.3 Å². The average molecular weight is 364 g/mol. The van der Waals surface area contributed by atoms with Crippen LogP contribution in [-0.2, 0) is 49.6 Å². The van der Waals surface area contributed by atoms with Gasteiger partial charge < -0.3 is 28.4 Å². The van der Waals surface area contributed by atoms with E-state index < -0.39 is 35.3 Å². The molecule has 2 aliphatic heterocycles. The first-order valence-corrected chi connectivity index (χ1v) is 8.42. The first kappa shape index (κ1) is 17.4. The van der Waals surface area contributed by atoms with Gasteiger partial charge in [0.15, 0.2) is 0 Å². The molecule has 1 aliphatic carbocycles. The minimum absolute atomic E-state index is 0.282. The van der Waals surface area contributed by atoms with Crippen LogP contribution in [0.5, 0.6) is 0 Å². The van der Waals surface area contributed by atoms with Gasteiger partial charge in [-0.25, -0.2) is 0 Å². The summed E-state index contributed by atoms with van der Waals surface area (Å²) >= 11 is 0. The zero-order valence-electron chi connectivity index (χ0n) is 14.6. The molecular weight excluding hydrogens is 344 g/mol. The van der Waals surface area contributed by atoms with E-state index in [4.69, 9.17) is 28.4 Å². The number of carbonyl (C=O) groups is 2. The minimum atomic E-state index is -1.46. The van der Waals surface area contributed by atoms with Crippen molar-refractivity contribution in [1.82, 2.24) is 0 Å². The van der Waals surface area contributed by atoms with E-state index in [1.807, 2.05) is 0 Å². The molecule has 1 aromatic carbocycles. The van der Waals surface area contributed by atoms with Gasteiger partial charge in [0.05, 0.1) is 40.6 Å². The second-order valence-electron chi connectivity index (χ2n) is 6.28. The van der Waals surface area contributed by atoms with Crippen LogP contribution >= 0.6 is 0 Å². The van der Waals surface area contributed by atoms with Crippen molar-refractivity contribution in [3.05, 3.63) is 35.4 Å². The molecule has 3 aliphatic rings. The minimum Gasteiger partial charge on any atom is -0.469 e. The Morgan fingerprint density at radius 1 is 0.808 bits per heavy atom. The van der Waals surface area contributed by atoms with Crippen LogP contribution in [0, 0.1) is 11.8 Å². The molecule has 2 fully saturated rings. The highest BCUT2D eigenvalue weighted by atomic mass is 16.8. The van der Waals surface area contributed by atoms with E-state index in [9.17, 15) is 9.59 Å². The van der Waals surface area contributed by atoms with Gasteiger partial charge in [-0.2, -0.15) is 0 Å². The molecule has 26 heavy (non-hydrogen) atoms. The number of fused-ring (bicyclic) bond motifs is 3. The molecule has 8 nitrogen and oxygen atoms in total. The fraction of sp³-hybridized carbons (Fsp3) is 0.556. The topological polar surface area (TPSA) is 89.5 Å². The van der Waals surface area contributed by atoms with Crippen molar-refractivity contribution in [1.29, 1.82) is 0 Å². The predicted molar refractivity (Wildman–Crippen MR) is 84.6 cm³/mol. The molecule has 0 N–H and O–H groups in total. The summed E-state index contributed by atoms with van der Waals surface area (Å²) < 4.78 is 33.7. The maximum atomic E-state index is 12.8. The first-order valence-electron chi connectivity index (χ1n) is 8.42. The summed E-state index contributed by atoms with van der Waals surface area (Å²) in [5.74, 6) is -6.51. The van der Waals surface area contributed by atoms with Crippen molar-refractivity contribution < 1.29 is 38.0 Å². The summed E-state index contributed by atoms with van der Waals surface area (Å²) in [6.07, 6.45) is 0. The van der Waals surface area contributed by atoms with Crippen LogP contribution < -0.4 is 0 Å². The van der Waals surface area contributed by atoms with Gasteiger partial charge in [-0.05, 0) is 0 Å². The van der Waals surface area contributed by atoms with Gasteiger partial charge in [-0.3, -0.25) is 9.59 Å². The smallest absolute Gasteiger partial charge is 0.315 e. The molecule has 1 aromatic rings. The Bertz CT molecular complexity index is 657. The fourth-order valence-corrected chi connectivity index (χ4v) is 4.23. The molecule has 2 saturated heterocycles. The van der Waals surface area contributed by atoms with Crippen LogP contribution in [0.4, 0.5) is 0 Å². The summed E-state index contributed by atoms with van der Waals surface area (Å²) in [5.41, 5.74) is 1.19. The number of methoxy groups -OCH3 is 2. The molecule has 0 amide bonds. The van der Waals surface area contributed by atoms with Crippen LogP contribution in [0.3, 0.4) is 0 Å². The highest BCUT2D eigenvalue weighted by Crippen LogP contribution is 2.57. The molecule has 0 aromatic heterocycles. The van der Waals surface area contributed by atoms with Crippen molar-refractivity contribution >= 4 is 11.9 Å². The third-order valence-electron chi connectivity index (χ3n) is 5.17. The largest absolute Gasteiger partial charge is 0.469 e. The normalized spacial score (nSPS) is 28.1. The van der Waals surface area contributed by atoms with Crippen molar-refractivity contribution in [2.45, 2.75) is 11.6 Å². The average Bonchev–Trinajstić information content (AvgIpc) is 3.35. The van der Waals surface area contributed by atoms with E-state index >= 15 is 0 Å². The van der Waals surface area contributed by atoms with Gasteiger partial charge in [0, 0.05) is 11.1 Å². The van der Waals surface area contributed by atoms with Gasteiger partial charge in [-0.15, -0.1) is 0 Å². The van der Waals surface area contributed by atoms with E-state index in [0.29, 0.717) is 11.1 Å². The van der Waals surface area contributed by atoms with E-state index in [-0.39, 0.29) is 26.4 Å². The lowest BCUT2D eigenvalue weighted by molar-refractivity contribution is -0.292. The zero-order chi connectivity index (χ0) is 18.4. The van der Waals surface area contributed by atoms with Crippen LogP contribution in [0.25, 0.3) is 0 Å². The monoisotopic (exact) mass is 364 g/mol. The summed E-state index contributed by atoms with van der Waals surface area (Å²) in [7, 11) is 2.51. The Labute approximate surface area is 150 Å². The molecule has 0 bridgehead atoms. The summed E-state index contributed by atoms with van der Waals surface area (Å²) in [6, 6.07) is 7.19. The Morgan fingerprint density at radius 3 is 1.46 bits per heavy atom. The van der Waals surface area contributed by atoms with Crippen molar-refractivity contribution in [2.24, 2.45) is 11.8 Å². The number of hydrogen-bond donors (Lipinski definition) is 0. The highest BCUT2D eigenvalue weighted by molar-refractivity contribution is 5.85. The van der Waals surface area contributed by atoms with Crippen LogP contribution in [0.1, 0.15) is 11.1 Å². The molecule has 2 atom stereocenters. The quantitative estimate of drug-likeness (QED) is 0.708. The molecule has 2 spiro atoms. The second-order valence-corrected chi connectivity index (χ2v) is 6.28. The summed E-state index contributed by atoms with van der Waals surface area (Å²) in [5, 5.41) is 0. The first-order chi connectivity index (χ1) is 12.6. The zero-order valence-corrected chi connectivity index (χ0v) is 14.6. The third-order valence-corrected chi connectivity index (χ3v) is 5.17. The van der Waals surface area contributed by atoms with E-state index in [1.165, 1.54) is 14.2 Å². The molecular formula is C18H20O8. The molecule has 0 saturated carbocycles. The number of rotatable bonds is 2. The van der Waals surface area contributed by atoms with E-state index in [1.54, 1.807) is 24.3 Å². The van der Waals surface area contributed by atoms with Gasteiger partial charge in [0.25, 0.3) is 0 Å². The third kappa shape index (κ3) is 2.16. The van der Waals surface area contributed by atoms with Gasteiger partial charge >= 0.3 is 11.9 Å². The Kier molecular flexibility index (Phi) is 4.23. The lowest BCUT2D eigenvalue weighted by atomic mass is 9.67. The second kappa shape index (κ2) is 6.31. The number of hydrogen-bond acceptors (Lipinski definition) is 8.